The average molecular weight is 494 g/mol. The Morgan fingerprint density at radius 3 is 2.22 bits per heavy atom. The molecule has 0 radical (unpaired) electrons. The fraction of sp³-hybridized carbons (Fsp3) is 0.600. The Kier molecular flexibility index (Phi) is 7.85. The van der Waals surface area contributed by atoms with Crippen molar-refractivity contribution in [1.29, 1.82) is 0 Å². The van der Waals surface area contributed by atoms with Gasteiger partial charge in [-0.3, -0.25) is 0 Å². The lowest BCUT2D eigenvalue weighted by molar-refractivity contribution is 0.387. The predicted molar refractivity (Wildman–Crippen MR) is 126 cm³/mol. The SMILES string of the molecule is CCCCCCC1(CCCCCC)C2=CC(Br)=CCC2c2ccc(Br)cc21. The Bertz CT molecular complexity index is 686. The van der Waals surface area contributed by atoms with Gasteiger partial charge in [0.25, 0.3) is 0 Å². The highest BCUT2D eigenvalue weighted by atomic mass is 79.9. The van der Waals surface area contributed by atoms with Crippen LogP contribution in [-0.4, -0.2) is 0 Å². The van der Waals surface area contributed by atoms with Gasteiger partial charge in [-0.1, -0.05) is 115 Å². The number of benzene rings is 1. The molecule has 148 valence electrons. The van der Waals surface area contributed by atoms with Gasteiger partial charge in [-0.25, -0.2) is 0 Å². The van der Waals surface area contributed by atoms with Gasteiger partial charge in [0.05, 0.1) is 0 Å². The molecule has 0 amide bonds. The largest absolute Gasteiger partial charge is 0.0693 e. The molecule has 1 aromatic carbocycles. The van der Waals surface area contributed by atoms with Gasteiger partial charge in [-0.15, -0.1) is 0 Å². The molecule has 27 heavy (non-hydrogen) atoms. The highest BCUT2D eigenvalue weighted by molar-refractivity contribution is 9.12. The van der Waals surface area contributed by atoms with E-state index >= 15 is 0 Å². The van der Waals surface area contributed by atoms with Crippen molar-refractivity contribution in [3.8, 4) is 0 Å². The van der Waals surface area contributed by atoms with Gasteiger partial charge < -0.3 is 0 Å². The van der Waals surface area contributed by atoms with Crippen LogP contribution in [0.25, 0.3) is 0 Å². The van der Waals surface area contributed by atoms with Crippen molar-refractivity contribution in [2.75, 3.05) is 0 Å². The molecule has 0 aliphatic heterocycles. The zero-order valence-electron chi connectivity index (χ0n) is 17.0. The summed E-state index contributed by atoms with van der Waals surface area (Å²) in [5.41, 5.74) is 5.15. The topological polar surface area (TPSA) is 0 Å². The third-order valence-electron chi connectivity index (χ3n) is 6.59. The van der Waals surface area contributed by atoms with Crippen LogP contribution in [-0.2, 0) is 5.41 Å². The summed E-state index contributed by atoms with van der Waals surface area (Å²) in [6.07, 6.45) is 19.4. The molecule has 0 spiro atoms. The Morgan fingerprint density at radius 1 is 0.926 bits per heavy atom. The molecule has 2 heteroatoms. The summed E-state index contributed by atoms with van der Waals surface area (Å²) in [4.78, 5) is 0. The van der Waals surface area contributed by atoms with Gasteiger partial charge in [-0.2, -0.15) is 0 Å². The second kappa shape index (κ2) is 9.92. The smallest absolute Gasteiger partial charge is 0.0178 e. The molecule has 1 unspecified atom stereocenters. The van der Waals surface area contributed by atoms with Gasteiger partial charge in [-0.05, 0) is 48.6 Å². The molecule has 3 rings (SSSR count). The third kappa shape index (κ3) is 4.64. The molecular formula is C25H34Br2. The summed E-state index contributed by atoms with van der Waals surface area (Å²) >= 11 is 7.57. The lowest BCUT2D eigenvalue weighted by Gasteiger charge is -2.35. The van der Waals surface area contributed by atoms with Crippen molar-refractivity contribution in [3.05, 3.63) is 56.0 Å². The van der Waals surface area contributed by atoms with Crippen LogP contribution in [0, 0.1) is 0 Å². The molecule has 0 saturated carbocycles. The maximum atomic E-state index is 3.80. The molecule has 0 N–H and O–H groups in total. The maximum Gasteiger partial charge on any atom is 0.0178 e. The fourth-order valence-electron chi connectivity index (χ4n) is 5.22. The van der Waals surface area contributed by atoms with Gasteiger partial charge in [0.2, 0.25) is 0 Å². The molecule has 0 saturated heterocycles. The van der Waals surface area contributed by atoms with E-state index in [1.165, 1.54) is 73.2 Å². The van der Waals surface area contributed by atoms with Crippen LogP contribution in [0.4, 0.5) is 0 Å². The summed E-state index contributed by atoms with van der Waals surface area (Å²) in [5.74, 6) is 0.590. The zero-order valence-corrected chi connectivity index (χ0v) is 20.2. The van der Waals surface area contributed by atoms with Gasteiger partial charge >= 0.3 is 0 Å². The van der Waals surface area contributed by atoms with Crippen molar-refractivity contribution < 1.29 is 0 Å². The minimum absolute atomic E-state index is 0.249. The zero-order chi connectivity index (χ0) is 19.3. The van der Waals surface area contributed by atoms with Crippen LogP contribution in [0.15, 0.2) is 44.9 Å². The van der Waals surface area contributed by atoms with E-state index in [-0.39, 0.29) is 5.41 Å². The Balaban J connectivity index is 1.98. The lowest BCUT2D eigenvalue weighted by Crippen LogP contribution is -2.27. The molecule has 2 aliphatic rings. The van der Waals surface area contributed by atoms with E-state index in [4.69, 9.17) is 0 Å². The summed E-state index contributed by atoms with van der Waals surface area (Å²) in [5, 5.41) is 0. The number of hydrogen-bond donors (Lipinski definition) is 0. The molecule has 0 aromatic heterocycles. The first kappa shape index (κ1) is 21.4. The summed E-state index contributed by atoms with van der Waals surface area (Å²) < 4.78 is 2.52. The normalized spacial score (nSPS) is 20.1. The molecule has 0 nitrogen and oxygen atoms in total. The quantitative estimate of drug-likeness (QED) is 0.284. The van der Waals surface area contributed by atoms with E-state index in [1.54, 1.807) is 16.7 Å². The Labute approximate surface area is 183 Å². The van der Waals surface area contributed by atoms with E-state index in [2.05, 4.69) is 76.1 Å². The molecule has 1 atom stereocenters. The van der Waals surface area contributed by atoms with E-state index < -0.39 is 0 Å². The van der Waals surface area contributed by atoms with E-state index in [0.29, 0.717) is 5.92 Å². The van der Waals surface area contributed by atoms with Gasteiger partial charge in [0, 0.05) is 20.3 Å². The highest BCUT2D eigenvalue weighted by Crippen LogP contribution is 2.58. The Hall–Kier alpha value is -0.340. The molecule has 0 fully saturated rings. The van der Waals surface area contributed by atoms with Crippen LogP contribution < -0.4 is 0 Å². The van der Waals surface area contributed by atoms with E-state index in [0.717, 1.165) is 6.42 Å². The lowest BCUT2D eigenvalue weighted by atomic mass is 9.69. The Morgan fingerprint density at radius 2 is 1.59 bits per heavy atom. The summed E-state index contributed by atoms with van der Waals surface area (Å²) in [6, 6.07) is 7.08. The number of hydrogen-bond acceptors (Lipinski definition) is 0. The molecule has 2 aliphatic carbocycles. The van der Waals surface area contributed by atoms with Crippen LogP contribution in [0.3, 0.4) is 0 Å². The molecule has 0 bridgehead atoms. The average Bonchev–Trinajstić information content (AvgIpc) is 2.92. The van der Waals surface area contributed by atoms with Crippen LogP contribution >= 0.6 is 31.9 Å². The van der Waals surface area contributed by atoms with Crippen molar-refractivity contribution in [2.24, 2.45) is 0 Å². The number of rotatable bonds is 10. The summed E-state index contributed by atoms with van der Waals surface area (Å²) in [6.45, 7) is 4.62. The van der Waals surface area contributed by atoms with Crippen molar-refractivity contribution in [3.63, 3.8) is 0 Å². The fourth-order valence-corrected chi connectivity index (χ4v) is 6.02. The minimum atomic E-state index is 0.249. The molecule has 0 heterocycles. The number of unbranched alkanes of at least 4 members (excludes halogenated alkanes) is 6. The van der Waals surface area contributed by atoms with Crippen LogP contribution in [0.2, 0.25) is 0 Å². The van der Waals surface area contributed by atoms with Gasteiger partial charge in [0.15, 0.2) is 0 Å². The van der Waals surface area contributed by atoms with Crippen molar-refractivity contribution >= 4 is 31.9 Å². The predicted octanol–water partition coefficient (Wildman–Crippen LogP) is 9.33. The number of allylic oxidation sites excluding steroid dienone is 4. The molecular weight excluding hydrogens is 460 g/mol. The first-order chi connectivity index (χ1) is 13.1. The van der Waals surface area contributed by atoms with Gasteiger partial charge in [0.1, 0.15) is 0 Å². The molecule has 1 aromatic rings. The maximum absolute atomic E-state index is 3.80. The minimum Gasteiger partial charge on any atom is -0.0693 e. The second-order valence-electron chi connectivity index (χ2n) is 8.41. The second-order valence-corrected chi connectivity index (χ2v) is 10.2. The monoisotopic (exact) mass is 492 g/mol. The third-order valence-corrected chi connectivity index (χ3v) is 7.64. The highest BCUT2D eigenvalue weighted by Gasteiger charge is 2.47. The van der Waals surface area contributed by atoms with Crippen LogP contribution in [0.1, 0.15) is 102 Å². The standard InChI is InChI=1S/C25H34Br2/c1-3-5-7-9-15-25(16-10-8-6-4-2)23-17-19(26)11-13-21(23)22-14-12-20(27)18-24(22)25/h11-13,17-18,22H,3-10,14-16H2,1-2H3. The first-order valence-electron chi connectivity index (χ1n) is 11.0. The first-order valence-corrected chi connectivity index (χ1v) is 12.6. The number of fused-ring (bicyclic) bond motifs is 3. The van der Waals surface area contributed by atoms with E-state index in [1.807, 2.05) is 0 Å². The van der Waals surface area contributed by atoms with E-state index in [9.17, 15) is 0 Å². The summed E-state index contributed by atoms with van der Waals surface area (Å²) in [7, 11) is 0. The van der Waals surface area contributed by atoms with Crippen molar-refractivity contribution in [2.45, 2.75) is 95.8 Å². The number of halogens is 2. The van der Waals surface area contributed by atoms with Crippen molar-refractivity contribution in [1.82, 2.24) is 0 Å². The van der Waals surface area contributed by atoms with Crippen LogP contribution in [0.5, 0.6) is 0 Å².